The van der Waals surface area contributed by atoms with E-state index in [1.54, 1.807) is 0 Å². The summed E-state index contributed by atoms with van der Waals surface area (Å²) in [7, 11) is 1.35. The molecule has 6 heteroatoms. The predicted octanol–water partition coefficient (Wildman–Crippen LogP) is 1.56. The zero-order chi connectivity index (χ0) is 15.0. The van der Waals surface area contributed by atoms with Crippen molar-refractivity contribution in [1.29, 1.82) is 0 Å². The first-order chi connectivity index (χ1) is 9.56. The number of phenols is 2. The molecule has 1 amide bonds. The molecule has 0 spiro atoms. The minimum atomic E-state index is -0.439. The number of hydrogen-bond acceptors (Lipinski definition) is 5. The van der Waals surface area contributed by atoms with Gasteiger partial charge < -0.3 is 20.3 Å². The van der Waals surface area contributed by atoms with Crippen molar-refractivity contribution in [2.75, 3.05) is 13.7 Å². The van der Waals surface area contributed by atoms with E-state index in [1.165, 1.54) is 25.3 Å². The molecule has 0 radical (unpaired) electrons. The van der Waals surface area contributed by atoms with Crippen LogP contribution in [0.4, 0.5) is 0 Å². The molecular weight excluding hydrogens is 262 g/mol. The smallest absolute Gasteiger partial charge is 0.305 e. The van der Waals surface area contributed by atoms with Crippen molar-refractivity contribution in [3.63, 3.8) is 0 Å². The monoisotopic (exact) mass is 281 g/mol. The van der Waals surface area contributed by atoms with Crippen molar-refractivity contribution in [2.45, 2.75) is 25.7 Å². The molecule has 0 aliphatic carbocycles. The fraction of sp³-hybridized carbons (Fsp3) is 0.429. The Kier molecular flexibility index (Phi) is 6.36. The van der Waals surface area contributed by atoms with Gasteiger partial charge in [-0.15, -0.1) is 0 Å². The van der Waals surface area contributed by atoms with Crippen LogP contribution in [0.1, 0.15) is 36.0 Å². The summed E-state index contributed by atoms with van der Waals surface area (Å²) in [5.41, 5.74) is 0.0413. The van der Waals surface area contributed by atoms with Gasteiger partial charge >= 0.3 is 5.97 Å². The second-order valence-corrected chi connectivity index (χ2v) is 4.32. The number of amides is 1. The van der Waals surface area contributed by atoms with Gasteiger partial charge in [0.25, 0.3) is 5.91 Å². The van der Waals surface area contributed by atoms with Gasteiger partial charge in [0.1, 0.15) is 0 Å². The standard InChI is InChI=1S/C14H19NO5/c1-20-12(17)8-3-2-4-9-15-14(19)10-6-5-7-11(16)13(10)18/h5-7,16,18H,2-4,8-9H2,1H3,(H,15,19). The quantitative estimate of drug-likeness (QED) is 0.400. The first kappa shape index (κ1) is 15.8. The number of esters is 1. The minimum Gasteiger partial charge on any atom is -0.504 e. The van der Waals surface area contributed by atoms with Crippen LogP contribution in [-0.2, 0) is 9.53 Å². The van der Waals surface area contributed by atoms with Crippen LogP contribution in [-0.4, -0.2) is 35.7 Å². The lowest BCUT2D eigenvalue weighted by molar-refractivity contribution is -0.140. The molecule has 0 aliphatic heterocycles. The Morgan fingerprint density at radius 3 is 2.65 bits per heavy atom. The molecule has 0 atom stereocenters. The Morgan fingerprint density at radius 2 is 1.95 bits per heavy atom. The normalized spacial score (nSPS) is 10.1. The van der Waals surface area contributed by atoms with Gasteiger partial charge in [0.2, 0.25) is 0 Å². The van der Waals surface area contributed by atoms with Crippen LogP contribution in [0, 0.1) is 0 Å². The number of aromatic hydroxyl groups is 2. The highest BCUT2D eigenvalue weighted by molar-refractivity contribution is 5.97. The van der Waals surface area contributed by atoms with Gasteiger partial charge in [-0.2, -0.15) is 0 Å². The minimum absolute atomic E-state index is 0.0413. The maximum Gasteiger partial charge on any atom is 0.305 e. The topological polar surface area (TPSA) is 95.9 Å². The lowest BCUT2D eigenvalue weighted by Gasteiger charge is -2.07. The number of rotatable bonds is 7. The predicted molar refractivity (Wildman–Crippen MR) is 72.6 cm³/mol. The Labute approximate surface area is 117 Å². The van der Waals surface area contributed by atoms with Crippen molar-refractivity contribution in [3.05, 3.63) is 23.8 Å². The number of para-hydroxylation sites is 1. The molecule has 0 saturated heterocycles. The number of ether oxygens (including phenoxy) is 1. The van der Waals surface area contributed by atoms with E-state index in [-0.39, 0.29) is 17.3 Å². The van der Waals surface area contributed by atoms with E-state index in [4.69, 9.17) is 0 Å². The van der Waals surface area contributed by atoms with E-state index < -0.39 is 11.7 Å². The molecule has 0 bridgehead atoms. The second-order valence-electron chi connectivity index (χ2n) is 4.32. The number of phenolic OH excluding ortho intramolecular Hbond substituents is 2. The highest BCUT2D eigenvalue weighted by Crippen LogP contribution is 2.27. The Hall–Kier alpha value is -2.24. The van der Waals surface area contributed by atoms with Gasteiger partial charge in [0, 0.05) is 13.0 Å². The Morgan fingerprint density at radius 1 is 1.20 bits per heavy atom. The van der Waals surface area contributed by atoms with Gasteiger partial charge in [-0.1, -0.05) is 12.5 Å². The molecule has 0 aromatic heterocycles. The van der Waals surface area contributed by atoms with E-state index >= 15 is 0 Å². The van der Waals surface area contributed by atoms with Crippen LogP contribution < -0.4 is 5.32 Å². The van der Waals surface area contributed by atoms with E-state index in [2.05, 4.69) is 10.1 Å². The SMILES string of the molecule is COC(=O)CCCCCNC(=O)c1cccc(O)c1O. The molecule has 0 heterocycles. The summed E-state index contributed by atoms with van der Waals surface area (Å²) in [4.78, 5) is 22.6. The molecule has 0 aliphatic rings. The van der Waals surface area contributed by atoms with E-state index in [0.717, 1.165) is 12.8 Å². The van der Waals surface area contributed by atoms with Crippen LogP contribution in [0.15, 0.2) is 18.2 Å². The lowest BCUT2D eigenvalue weighted by Crippen LogP contribution is -2.24. The van der Waals surface area contributed by atoms with Crippen LogP contribution in [0.2, 0.25) is 0 Å². The number of hydrogen-bond donors (Lipinski definition) is 3. The number of methoxy groups -OCH3 is 1. The van der Waals surface area contributed by atoms with Crippen molar-refractivity contribution < 1.29 is 24.5 Å². The van der Waals surface area contributed by atoms with Crippen LogP contribution in [0.25, 0.3) is 0 Å². The number of carbonyl (C=O) groups is 2. The summed E-state index contributed by atoms with van der Waals surface area (Å²) < 4.78 is 4.52. The first-order valence-electron chi connectivity index (χ1n) is 6.42. The summed E-state index contributed by atoms with van der Waals surface area (Å²) in [6.07, 6.45) is 2.60. The van der Waals surface area contributed by atoms with Crippen molar-refractivity contribution >= 4 is 11.9 Å². The molecule has 0 unspecified atom stereocenters. The summed E-state index contributed by atoms with van der Waals surface area (Å²) in [6, 6.07) is 4.22. The van der Waals surface area contributed by atoms with Gasteiger partial charge in [0.15, 0.2) is 11.5 Å². The molecule has 1 aromatic carbocycles. The fourth-order valence-electron chi connectivity index (χ4n) is 1.68. The Balaban J connectivity index is 2.27. The Bertz CT molecular complexity index is 473. The molecule has 6 nitrogen and oxygen atoms in total. The third-order valence-corrected chi connectivity index (χ3v) is 2.83. The van der Waals surface area contributed by atoms with Gasteiger partial charge in [0.05, 0.1) is 12.7 Å². The second kappa shape index (κ2) is 8.04. The summed E-state index contributed by atoms with van der Waals surface area (Å²) in [5.74, 6) is -1.42. The van der Waals surface area contributed by atoms with Crippen LogP contribution in [0.3, 0.4) is 0 Å². The van der Waals surface area contributed by atoms with Gasteiger partial charge in [-0.3, -0.25) is 9.59 Å². The summed E-state index contributed by atoms with van der Waals surface area (Å²) in [6.45, 7) is 0.440. The number of nitrogens with one attached hydrogen (secondary N) is 1. The number of carbonyl (C=O) groups excluding carboxylic acids is 2. The van der Waals surface area contributed by atoms with Gasteiger partial charge in [-0.05, 0) is 25.0 Å². The zero-order valence-electron chi connectivity index (χ0n) is 11.4. The van der Waals surface area contributed by atoms with Crippen LogP contribution in [0.5, 0.6) is 11.5 Å². The average Bonchev–Trinajstić information content (AvgIpc) is 2.44. The van der Waals surface area contributed by atoms with Crippen molar-refractivity contribution in [1.82, 2.24) is 5.32 Å². The third-order valence-electron chi connectivity index (χ3n) is 2.83. The summed E-state index contributed by atoms with van der Waals surface area (Å²) >= 11 is 0. The lowest BCUT2D eigenvalue weighted by atomic mass is 10.1. The molecular formula is C14H19NO5. The molecule has 0 fully saturated rings. The van der Waals surface area contributed by atoms with Crippen LogP contribution >= 0.6 is 0 Å². The maximum atomic E-state index is 11.7. The summed E-state index contributed by atoms with van der Waals surface area (Å²) in [5, 5.41) is 21.5. The molecule has 0 saturated carbocycles. The molecule has 1 aromatic rings. The molecule has 3 N–H and O–H groups in total. The largest absolute Gasteiger partial charge is 0.504 e. The van der Waals surface area contributed by atoms with Crippen molar-refractivity contribution in [2.24, 2.45) is 0 Å². The van der Waals surface area contributed by atoms with E-state index in [1.807, 2.05) is 0 Å². The van der Waals surface area contributed by atoms with E-state index in [9.17, 15) is 19.8 Å². The fourth-order valence-corrected chi connectivity index (χ4v) is 1.68. The first-order valence-corrected chi connectivity index (χ1v) is 6.42. The number of benzene rings is 1. The molecule has 110 valence electrons. The number of unbranched alkanes of at least 4 members (excludes halogenated alkanes) is 2. The zero-order valence-corrected chi connectivity index (χ0v) is 11.4. The third kappa shape index (κ3) is 4.79. The van der Waals surface area contributed by atoms with Crippen molar-refractivity contribution in [3.8, 4) is 11.5 Å². The van der Waals surface area contributed by atoms with Gasteiger partial charge in [-0.25, -0.2) is 0 Å². The molecule has 1 rings (SSSR count). The highest BCUT2D eigenvalue weighted by Gasteiger charge is 2.12. The van der Waals surface area contributed by atoms with E-state index in [0.29, 0.717) is 19.4 Å². The average molecular weight is 281 g/mol. The maximum absolute atomic E-state index is 11.7. The highest BCUT2D eigenvalue weighted by atomic mass is 16.5. The molecule has 20 heavy (non-hydrogen) atoms.